The van der Waals surface area contributed by atoms with Crippen molar-refractivity contribution in [2.75, 3.05) is 139 Å². The molecule has 0 saturated heterocycles. The first-order chi connectivity index (χ1) is 22.8. The van der Waals surface area contributed by atoms with Gasteiger partial charge < -0.3 is 57.0 Å². The van der Waals surface area contributed by atoms with Gasteiger partial charge in [-0.2, -0.15) is 0 Å². The van der Waals surface area contributed by atoms with E-state index < -0.39 is 5.60 Å². The average molecular weight is 676 g/mol. The van der Waals surface area contributed by atoms with Gasteiger partial charge in [0.25, 0.3) is 0 Å². The number of amides is 1. The van der Waals surface area contributed by atoms with Gasteiger partial charge in [-0.1, -0.05) is 18.2 Å². The molecule has 0 aliphatic heterocycles. The molecule has 14 heteroatoms. The molecular weight excluding hydrogens is 618 g/mol. The minimum absolute atomic E-state index is 0.198. The number of carbonyl (C=O) groups excluding carboxylic acids is 2. The fourth-order valence-corrected chi connectivity index (χ4v) is 3.34. The molecule has 0 saturated carbocycles. The summed E-state index contributed by atoms with van der Waals surface area (Å²) in [4.78, 5) is 25.1. The Labute approximate surface area is 280 Å². The first-order valence-electron chi connectivity index (χ1n) is 16.2. The monoisotopic (exact) mass is 675 g/mol. The molecule has 0 aromatic heterocycles. The molecule has 0 unspecified atom stereocenters. The Kier molecular flexibility index (Phi) is 26.9. The lowest BCUT2D eigenvalue weighted by atomic mass is 10.2. The summed E-state index contributed by atoms with van der Waals surface area (Å²) in [6.45, 7) is 14.3. The van der Waals surface area contributed by atoms with Crippen LogP contribution >= 0.6 is 0 Å². The molecular formula is C33H57NO13. The summed E-state index contributed by atoms with van der Waals surface area (Å²) in [5.41, 5.74) is 0.00889. The van der Waals surface area contributed by atoms with E-state index in [0.717, 1.165) is 0 Å². The van der Waals surface area contributed by atoms with E-state index in [1.54, 1.807) is 31.3 Å². The maximum absolute atomic E-state index is 11.8. The zero-order valence-corrected chi connectivity index (χ0v) is 28.8. The molecule has 0 spiro atoms. The van der Waals surface area contributed by atoms with Gasteiger partial charge >= 0.3 is 12.1 Å². The van der Waals surface area contributed by atoms with Gasteiger partial charge in [-0.3, -0.25) is 0 Å². The van der Waals surface area contributed by atoms with Crippen LogP contribution in [-0.4, -0.2) is 162 Å². The zero-order chi connectivity index (χ0) is 34.3. The van der Waals surface area contributed by atoms with Gasteiger partial charge in [-0.05, 0) is 32.9 Å². The third-order valence-corrected chi connectivity index (χ3v) is 5.72. The summed E-state index contributed by atoms with van der Waals surface area (Å²) in [7, 11) is 1.68. The van der Waals surface area contributed by atoms with Gasteiger partial charge in [0, 0.05) is 13.6 Å². The second-order valence-corrected chi connectivity index (χ2v) is 10.9. The molecule has 0 fully saturated rings. The van der Waals surface area contributed by atoms with E-state index >= 15 is 0 Å². The van der Waals surface area contributed by atoms with Crippen molar-refractivity contribution in [2.24, 2.45) is 0 Å². The number of likely N-dealkylation sites (N-methyl/N-ethyl adjacent to an activating group) is 1. The van der Waals surface area contributed by atoms with Crippen LogP contribution in [0.15, 0.2) is 30.3 Å². The smallest absolute Gasteiger partial charge is 0.410 e. The molecule has 0 heterocycles. The van der Waals surface area contributed by atoms with Crippen LogP contribution in [0.4, 0.5) is 4.79 Å². The van der Waals surface area contributed by atoms with E-state index in [2.05, 4.69) is 0 Å². The highest BCUT2D eigenvalue weighted by Gasteiger charge is 2.19. The van der Waals surface area contributed by atoms with Crippen LogP contribution in [0.3, 0.4) is 0 Å². The van der Waals surface area contributed by atoms with Crippen LogP contribution in [0.1, 0.15) is 31.1 Å². The molecule has 0 atom stereocenters. The van der Waals surface area contributed by atoms with Gasteiger partial charge in [0.05, 0.1) is 124 Å². The highest BCUT2D eigenvalue weighted by molar-refractivity contribution is 5.89. The summed E-state index contributed by atoms with van der Waals surface area (Å²) in [5, 5.41) is 0. The molecule has 47 heavy (non-hydrogen) atoms. The Bertz CT molecular complexity index is 870. The quantitative estimate of drug-likeness (QED) is 0.0843. The summed E-state index contributed by atoms with van der Waals surface area (Å²) >= 11 is 0. The number of esters is 1. The minimum Gasteiger partial charge on any atom is -0.460 e. The maximum atomic E-state index is 11.8. The van der Waals surface area contributed by atoms with Crippen LogP contribution in [0.25, 0.3) is 0 Å². The highest BCUT2D eigenvalue weighted by Crippen LogP contribution is 2.08. The summed E-state index contributed by atoms with van der Waals surface area (Å²) in [5.74, 6) is -0.360. The average Bonchev–Trinajstić information content (AvgIpc) is 3.05. The summed E-state index contributed by atoms with van der Waals surface area (Å²) < 4.78 is 59.5. The zero-order valence-electron chi connectivity index (χ0n) is 28.8. The van der Waals surface area contributed by atoms with Crippen molar-refractivity contribution >= 4 is 12.1 Å². The fraction of sp³-hybridized carbons (Fsp3) is 0.758. The molecule has 1 aromatic rings. The maximum Gasteiger partial charge on any atom is 0.410 e. The number of carbonyl (C=O) groups is 2. The molecule has 0 radical (unpaired) electrons. The van der Waals surface area contributed by atoms with Gasteiger partial charge in [-0.15, -0.1) is 0 Å². The second-order valence-electron chi connectivity index (χ2n) is 10.9. The third-order valence-electron chi connectivity index (χ3n) is 5.72. The van der Waals surface area contributed by atoms with Crippen LogP contribution in [-0.2, 0) is 52.1 Å². The lowest BCUT2D eigenvalue weighted by molar-refractivity contribution is -0.0262. The summed E-state index contributed by atoms with van der Waals surface area (Å²) in [6.07, 6.45) is -0.368. The van der Waals surface area contributed by atoms with E-state index in [1.807, 2.05) is 26.8 Å². The van der Waals surface area contributed by atoms with Crippen molar-refractivity contribution in [3.63, 3.8) is 0 Å². The molecule has 1 rings (SSSR count). The molecule has 14 nitrogen and oxygen atoms in total. The number of benzene rings is 1. The molecule has 1 aromatic carbocycles. The number of rotatable bonds is 31. The van der Waals surface area contributed by atoms with Crippen molar-refractivity contribution in [3.8, 4) is 0 Å². The number of ether oxygens (including phenoxy) is 11. The molecule has 1 amide bonds. The number of nitrogens with zero attached hydrogens (tertiary/aromatic N) is 1. The molecule has 272 valence electrons. The van der Waals surface area contributed by atoms with Gasteiger partial charge in [0.2, 0.25) is 0 Å². The Balaban J connectivity index is 1.68. The topological polar surface area (TPSA) is 139 Å². The standard InChI is InChI=1S/C33H57NO13/c1-33(2,3)47-32(36)34(4)10-11-37-12-13-38-14-15-39-16-17-40-18-19-41-20-21-42-22-23-43-24-25-44-26-27-45-28-29-46-31(35)30-8-6-5-7-9-30/h5-9H,10-29H2,1-4H3. The Morgan fingerprint density at radius 2 is 0.830 bits per heavy atom. The second kappa shape index (κ2) is 29.7. The van der Waals surface area contributed by atoms with E-state index in [1.165, 1.54) is 4.90 Å². The molecule has 0 bridgehead atoms. The Morgan fingerprint density at radius 3 is 1.17 bits per heavy atom. The normalized spacial score (nSPS) is 11.5. The van der Waals surface area contributed by atoms with E-state index in [4.69, 9.17) is 52.1 Å². The van der Waals surface area contributed by atoms with Crippen molar-refractivity contribution in [1.82, 2.24) is 4.90 Å². The molecule has 0 aliphatic carbocycles. The largest absolute Gasteiger partial charge is 0.460 e. The van der Waals surface area contributed by atoms with Crippen LogP contribution < -0.4 is 0 Å². The van der Waals surface area contributed by atoms with Crippen molar-refractivity contribution < 1.29 is 61.7 Å². The summed E-state index contributed by atoms with van der Waals surface area (Å²) in [6, 6.07) is 8.84. The lowest BCUT2D eigenvalue weighted by Gasteiger charge is -2.24. The van der Waals surface area contributed by atoms with E-state index in [-0.39, 0.29) is 18.7 Å². The highest BCUT2D eigenvalue weighted by atomic mass is 16.6. The fourth-order valence-electron chi connectivity index (χ4n) is 3.34. The SMILES string of the molecule is CN(CCOCCOCCOCCOCCOCCOCCOCCOCCOCCOC(=O)c1ccccc1)C(=O)OC(C)(C)C. The Morgan fingerprint density at radius 1 is 0.511 bits per heavy atom. The van der Waals surface area contributed by atoms with Crippen LogP contribution in [0.5, 0.6) is 0 Å². The first-order valence-corrected chi connectivity index (χ1v) is 16.2. The number of hydrogen-bond acceptors (Lipinski definition) is 13. The number of hydrogen-bond donors (Lipinski definition) is 0. The van der Waals surface area contributed by atoms with E-state index in [0.29, 0.717) is 131 Å². The third kappa shape index (κ3) is 28.3. The molecule has 0 aliphatic rings. The van der Waals surface area contributed by atoms with Crippen molar-refractivity contribution in [1.29, 1.82) is 0 Å². The van der Waals surface area contributed by atoms with Gasteiger partial charge in [0.1, 0.15) is 12.2 Å². The van der Waals surface area contributed by atoms with Gasteiger partial charge in [0.15, 0.2) is 0 Å². The lowest BCUT2D eigenvalue weighted by Crippen LogP contribution is -2.36. The molecule has 0 N–H and O–H groups in total. The predicted octanol–water partition coefficient (Wildman–Crippen LogP) is 2.86. The first kappa shape index (κ1) is 42.6. The predicted molar refractivity (Wildman–Crippen MR) is 173 cm³/mol. The van der Waals surface area contributed by atoms with Crippen LogP contribution in [0.2, 0.25) is 0 Å². The van der Waals surface area contributed by atoms with Gasteiger partial charge in [-0.25, -0.2) is 9.59 Å². The van der Waals surface area contributed by atoms with Crippen molar-refractivity contribution in [3.05, 3.63) is 35.9 Å². The Hall–Kier alpha value is -2.40. The van der Waals surface area contributed by atoms with Crippen LogP contribution in [0, 0.1) is 0 Å². The van der Waals surface area contributed by atoms with E-state index in [9.17, 15) is 9.59 Å². The van der Waals surface area contributed by atoms with Crippen molar-refractivity contribution in [2.45, 2.75) is 26.4 Å². The minimum atomic E-state index is -0.513.